The van der Waals surface area contributed by atoms with Gasteiger partial charge in [0.1, 0.15) is 6.61 Å². The first kappa shape index (κ1) is 14.3. The van der Waals surface area contributed by atoms with Crippen LogP contribution in [0.25, 0.3) is 0 Å². The van der Waals surface area contributed by atoms with Crippen LogP contribution in [0.15, 0.2) is 17.1 Å². The Labute approximate surface area is 106 Å². The second-order valence-corrected chi connectivity index (χ2v) is 4.50. The van der Waals surface area contributed by atoms with Gasteiger partial charge in [0.2, 0.25) is 5.43 Å². The van der Waals surface area contributed by atoms with E-state index in [-0.39, 0.29) is 18.0 Å². The number of carbonyl (C=O) groups excluding carboxylic acids is 1. The maximum atomic E-state index is 11.7. The van der Waals surface area contributed by atoms with Crippen LogP contribution in [0.3, 0.4) is 0 Å². The lowest BCUT2D eigenvalue weighted by atomic mass is 10.1. The van der Waals surface area contributed by atoms with Crippen molar-refractivity contribution in [3.05, 3.63) is 28.2 Å². The van der Waals surface area contributed by atoms with Gasteiger partial charge in [0.25, 0.3) is 0 Å². The van der Waals surface area contributed by atoms with Gasteiger partial charge in [-0.2, -0.15) is 0 Å². The van der Waals surface area contributed by atoms with Gasteiger partial charge >= 0.3 is 5.97 Å². The SMILES string of the molecule is CC(=O)OCc1cc(=O)c(OCCC(C)C)c[nH]1. The molecule has 0 unspecified atom stereocenters. The van der Waals surface area contributed by atoms with E-state index in [9.17, 15) is 9.59 Å². The topological polar surface area (TPSA) is 68.4 Å². The molecule has 100 valence electrons. The van der Waals surface area contributed by atoms with Gasteiger partial charge in [-0.3, -0.25) is 9.59 Å². The monoisotopic (exact) mass is 253 g/mol. The fourth-order valence-corrected chi connectivity index (χ4v) is 1.28. The first-order valence-corrected chi connectivity index (χ1v) is 5.97. The van der Waals surface area contributed by atoms with E-state index in [2.05, 4.69) is 18.8 Å². The van der Waals surface area contributed by atoms with Gasteiger partial charge in [-0.15, -0.1) is 0 Å². The van der Waals surface area contributed by atoms with Gasteiger partial charge < -0.3 is 14.5 Å². The predicted molar refractivity (Wildman–Crippen MR) is 67.5 cm³/mol. The number of hydrogen-bond acceptors (Lipinski definition) is 4. The maximum Gasteiger partial charge on any atom is 0.303 e. The molecule has 0 bridgehead atoms. The van der Waals surface area contributed by atoms with E-state index in [4.69, 9.17) is 9.47 Å². The Bertz CT molecular complexity index is 451. The van der Waals surface area contributed by atoms with Crippen LogP contribution in [-0.2, 0) is 16.1 Å². The van der Waals surface area contributed by atoms with E-state index in [1.807, 2.05) is 0 Å². The molecule has 0 atom stereocenters. The second-order valence-electron chi connectivity index (χ2n) is 4.50. The van der Waals surface area contributed by atoms with E-state index in [0.717, 1.165) is 6.42 Å². The average molecular weight is 253 g/mol. The number of rotatable bonds is 6. The van der Waals surface area contributed by atoms with Crippen molar-refractivity contribution in [3.8, 4) is 5.75 Å². The minimum absolute atomic E-state index is 0.0663. The van der Waals surface area contributed by atoms with Crippen molar-refractivity contribution < 1.29 is 14.3 Å². The van der Waals surface area contributed by atoms with Crippen LogP contribution in [0.2, 0.25) is 0 Å². The summed E-state index contributed by atoms with van der Waals surface area (Å²) in [5.41, 5.74) is 0.339. The molecule has 0 amide bonds. The largest absolute Gasteiger partial charge is 0.488 e. The summed E-state index contributed by atoms with van der Waals surface area (Å²) in [5.74, 6) is 0.447. The van der Waals surface area contributed by atoms with Crippen LogP contribution in [0, 0.1) is 5.92 Å². The molecule has 0 aliphatic rings. The van der Waals surface area contributed by atoms with E-state index in [1.54, 1.807) is 0 Å². The zero-order valence-electron chi connectivity index (χ0n) is 11.0. The smallest absolute Gasteiger partial charge is 0.303 e. The summed E-state index contributed by atoms with van der Waals surface area (Å²) in [6.45, 7) is 6.09. The van der Waals surface area contributed by atoms with Crippen LogP contribution in [0.4, 0.5) is 0 Å². The molecule has 0 spiro atoms. The lowest BCUT2D eigenvalue weighted by Gasteiger charge is -2.08. The lowest BCUT2D eigenvalue weighted by Crippen LogP contribution is -2.12. The Hall–Kier alpha value is -1.78. The van der Waals surface area contributed by atoms with Crippen LogP contribution >= 0.6 is 0 Å². The second kappa shape index (κ2) is 6.83. The molecule has 1 rings (SSSR count). The third-order valence-electron chi connectivity index (χ3n) is 2.32. The number of H-pyrrole nitrogens is 1. The first-order valence-electron chi connectivity index (χ1n) is 5.97. The maximum absolute atomic E-state index is 11.7. The number of esters is 1. The van der Waals surface area contributed by atoms with Crippen LogP contribution in [0.1, 0.15) is 32.9 Å². The summed E-state index contributed by atoms with van der Waals surface area (Å²) in [6, 6.07) is 1.38. The number of nitrogens with one attached hydrogen (secondary N) is 1. The third kappa shape index (κ3) is 5.03. The Kier molecular flexibility index (Phi) is 5.42. The summed E-state index contributed by atoms with van der Waals surface area (Å²) in [6.07, 6.45) is 2.40. The number of carbonyl (C=O) groups is 1. The third-order valence-corrected chi connectivity index (χ3v) is 2.32. The molecule has 0 aliphatic heterocycles. The van der Waals surface area contributed by atoms with Crippen molar-refractivity contribution in [2.24, 2.45) is 5.92 Å². The first-order chi connectivity index (χ1) is 8.49. The van der Waals surface area contributed by atoms with Gasteiger partial charge in [0.15, 0.2) is 5.75 Å². The Morgan fingerprint density at radius 1 is 1.44 bits per heavy atom. The van der Waals surface area contributed by atoms with Gasteiger partial charge in [-0.05, 0) is 12.3 Å². The molecule has 0 aromatic carbocycles. The molecule has 0 radical (unpaired) electrons. The summed E-state index contributed by atoms with van der Waals surface area (Å²) >= 11 is 0. The molecule has 0 saturated heterocycles. The minimum atomic E-state index is -0.381. The summed E-state index contributed by atoms with van der Waals surface area (Å²) in [5, 5.41) is 0. The van der Waals surface area contributed by atoms with E-state index in [1.165, 1.54) is 19.2 Å². The van der Waals surface area contributed by atoms with E-state index < -0.39 is 0 Å². The molecule has 5 heteroatoms. The number of aromatic nitrogens is 1. The van der Waals surface area contributed by atoms with Gasteiger partial charge in [-0.1, -0.05) is 13.8 Å². The minimum Gasteiger partial charge on any atom is -0.488 e. The molecule has 0 fully saturated rings. The Morgan fingerprint density at radius 2 is 2.17 bits per heavy atom. The molecule has 1 heterocycles. The Morgan fingerprint density at radius 3 is 2.72 bits per heavy atom. The van der Waals surface area contributed by atoms with Crippen LogP contribution in [0.5, 0.6) is 5.75 Å². The van der Waals surface area contributed by atoms with Crippen molar-refractivity contribution in [1.82, 2.24) is 4.98 Å². The summed E-state index contributed by atoms with van der Waals surface area (Å²) in [4.78, 5) is 25.2. The fourth-order valence-electron chi connectivity index (χ4n) is 1.28. The van der Waals surface area contributed by atoms with Crippen molar-refractivity contribution in [2.45, 2.75) is 33.8 Å². The highest BCUT2D eigenvalue weighted by molar-refractivity contribution is 5.65. The summed E-state index contributed by atoms with van der Waals surface area (Å²) < 4.78 is 10.2. The molecule has 1 aromatic rings. The van der Waals surface area contributed by atoms with E-state index in [0.29, 0.717) is 24.0 Å². The molecule has 0 saturated carbocycles. The molecule has 0 aliphatic carbocycles. The molecule has 1 N–H and O–H groups in total. The molecule has 18 heavy (non-hydrogen) atoms. The standard InChI is InChI=1S/C13H19NO4/c1-9(2)4-5-17-13-7-14-11(6-12(13)16)8-18-10(3)15/h6-7,9H,4-5,8H2,1-3H3,(H,14,16). The van der Waals surface area contributed by atoms with Gasteiger partial charge in [0, 0.05) is 19.2 Å². The Balaban J connectivity index is 2.57. The van der Waals surface area contributed by atoms with Crippen LogP contribution in [-0.4, -0.2) is 17.6 Å². The zero-order chi connectivity index (χ0) is 13.5. The number of hydrogen-bond donors (Lipinski definition) is 1. The normalized spacial score (nSPS) is 10.4. The lowest BCUT2D eigenvalue weighted by molar-refractivity contribution is -0.142. The molecular weight excluding hydrogens is 234 g/mol. The van der Waals surface area contributed by atoms with Crippen molar-refractivity contribution >= 4 is 5.97 Å². The van der Waals surface area contributed by atoms with Gasteiger partial charge in [0.05, 0.1) is 12.3 Å². The molecular formula is C13H19NO4. The number of ether oxygens (including phenoxy) is 2. The highest BCUT2D eigenvalue weighted by atomic mass is 16.5. The highest BCUT2D eigenvalue weighted by Crippen LogP contribution is 2.06. The number of aromatic amines is 1. The average Bonchev–Trinajstić information content (AvgIpc) is 2.28. The van der Waals surface area contributed by atoms with Crippen molar-refractivity contribution in [2.75, 3.05) is 6.61 Å². The molecule has 1 aromatic heterocycles. The number of pyridine rings is 1. The molecule has 5 nitrogen and oxygen atoms in total. The summed E-state index contributed by atoms with van der Waals surface area (Å²) in [7, 11) is 0. The zero-order valence-corrected chi connectivity index (χ0v) is 11.0. The van der Waals surface area contributed by atoms with E-state index >= 15 is 0 Å². The van der Waals surface area contributed by atoms with Gasteiger partial charge in [-0.25, -0.2) is 0 Å². The van der Waals surface area contributed by atoms with Crippen molar-refractivity contribution in [3.63, 3.8) is 0 Å². The van der Waals surface area contributed by atoms with Crippen molar-refractivity contribution in [1.29, 1.82) is 0 Å². The predicted octanol–water partition coefficient (Wildman–Crippen LogP) is 1.86. The fraction of sp³-hybridized carbons (Fsp3) is 0.538. The quantitative estimate of drug-likeness (QED) is 0.786. The highest BCUT2D eigenvalue weighted by Gasteiger charge is 2.04. The van der Waals surface area contributed by atoms with Crippen LogP contribution < -0.4 is 10.2 Å².